The number of aromatic nitrogens is 4. The number of carbonyl (C=O) groups excluding carboxylic acids is 1. The third-order valence-corrected chi connectivity index (χ3v) is 8.07. The van der Waals surface area contributed by atoms with Crippen LogP contribution in [0.3, 0.4) is 0 Å². The number of rotatable bonds is 9. The van der Waals surface area contributed by atoms with Crippen LogP contribution in [0.4, 0.5) is 11.8 Å². The highest BCUT2D eigenvalue weighted by Gasteiger charge is 2.25. The van der Waals surface area contributed by atoms with Gasteiger partial charge in [0.05, 0.1) is 26.4 Å². The Morgan fingerprint density at radius 3 is 2.53 bits per heavy atom. The summed E-state index contributed by atoms with van der Waals surface area (Å²) in [6, 6.07) is 23.9. The van der Waals surface area contributed by atoms with E-state index in [1.807, 2.05) is 59.8 Å². The number of piperazine rings is 1. The maximum Gasteiger partial charge on any atom is 0.229 e. The first-order valence-electron chi connectivity index (χ1n) is 14.4. The van der Waals surface area contributed by atoms with E-state index < -0.39 is 0 Å². The number of benzene rings is 3. The summed E-state index contributed by atoms with van der Waals surface area (Å²) in [4.78, 5) is 31.8. The maximum absolute atomic E-state index is 13.1. The molecular weight excluding hydrogens is 562 g/mol. The van der Waals surface area contributed by atoms with Crippen LogP contribution >= 0.6 is 11.6 Å². The number of ether oxygens (including phenoxy) is 1. The summed E-state index contributed by atoms with van der Waals surface area (Å²) in [6.45, 7) is 5.68. The lowest BCUT2D eigenvalue weighted by Gasteiger charge is -2.35. The van der Waals surface area contributed by atoms with Gasteiger partial charge in [-0.25, -0.2) is 4.98 Å². The average molecular weight is 596 g/mol. The summed E-state index contributed by atoms with van der Waals surface area (Å²) in [5, 5.41) is 4.16. The van der Waals surface area contributed by atoms with Gasteiger partial charge in [0.1, 0.15) is 5.75 Å². The molecule has 9 nitrogen and oxygen atoms in total. The summed E-state index contributed by atoms with van der Waals surface area (Å²) in [5.74, 6) is 2.12. The van der Waals surface area contributed by atoms with E-state index in [9.17, 15) is 4.79 Å². The third-order valence-electron chi connectivity index (χ3n) is 7.70. The summed E-state index contributed by atoms with van der Waals surface area (Å²) >= 11 is 6.44. The number of aryl methyl sites for hydroxylation is 1. The standard InChI is InChI=1S/C33H34ClN7O2/c1-23-7-5-9-25(17-23)21-41-22-36-30-31(35-20-26-10-3-4-12-28(26)34)37-33(38-32(30)41)40-15-13-39(14-16-40)29(42)19-24-8-6-11-27(18-24)43-2/h3-12,17-18,22H,13-16,19-21H2,1-2H3,(H,35,37,38). The highest BCUT2D eigenvalue weighted by Crippen LogP contribution is 2.26. The van der Waals surface area contributed by atoms with E-state index in [4.69, 9.17) is 31.3 Å². The Bertz CT molecular complexity index is 1750. The summed E-state index contributed by atoms with van der Waals surface area (Å²) < 4.78 is 7.37. The minimum absolute atomic E-state index is 0.0996. The molecule has 1 aliphatic rings. The third kappa shape index (κ3) is 6.57. The Hall–Kier alpha value is -4.63. The van der Waals surface area contributed by atoms with E-state index in [0.29, 0.717) is 68.0 Å². The molecule has 3 aromatic carbocycles. The number of carbonyl (C=O) groups is 1. The molecule has 0 spiro atoms. The highest BCUT2D eigenvalue weighted by atomic mass is 35.5. The molecule has 1 fully saturated rings. The van der Waals surface area contributed by atoms with Crippen LogP contribution in [0.25, 0.3) is 11.2 Å². The largest absolute Gasteiger partial charge is 0.497 e. The zero-order chi connectivity index (χ0) is 29.8. The molecule has 1 aliphatic heterocycles. The van der Waals surface area contributed by atoms with Crippen molar-refractivity contribution in [3.05, 3.63) is 106 Å². The lowest BCUT2D eigenvalue weighted by Crippen LogP contribution is -2.49. The molecule has 0 aliphatic carbocycles. The number of hydrogen-bond donors (Lipinski definition) is 1. The van der Waals surface area contributed by atoms with Gasteiger partial charge in [-0.2, -0.15) is 9.97 Å². The fraction of sp³-hybridized carbons (Fsp3) is 0.273. The van der Waals surface area contributed by atoms with Crippen molar-refractivity contribution in [2.45, 2.75) is 26.4 Å². The van der Waals surface area contributed by atoms with Crippen LogP contribution in [0, 0.1) is 6.92 Å². The number of imidazole rings is 1. The molecule has 43 heavy (non-hydrogen) atoms. The van der Waals surface area contributed by atoms with Crippen molar-refractivity contribution in [2.24, 2.45) is 0 Å². The van der Waals surface area contributed by atoms with Crippen molar-refractivity contribution in [1.82, 2.24) is 24.4 Å². The van der Waals surface area contributed by atoms with Gasteiger partial charge in [0.15, 0.2) is 17.0 Å². The Morgan fingerprint density at radius 1 is 0.953 bits per heavy atom. The van der Waals surface area contributed by atoms with Crippen LogP contribution in [0.5, 0.6) is 5.75 Å². The van der Waals surface area contributed by atoms with E-state index in [0.717, 1.165) is 22.5 Å². The molecule has 3 heterocycles. The van der Waals surface area contributed by atoms with Crippen molar-refractivity contribution in [1.29, 1.82) is 0 Å². The summed E-state index contributed by atoms with van der Waals surface area (Å²) in [6.07, 6.45) is 2.16. The van der Waals surface area contributed by atoms with E-state index >= 15 is 0 Å². The lowest BCUT2D eigenvalue weighted by molar-refractivity contribution is -0.130. The smallest absolute Gasteiger partial charge is 0.229 e. The number of hydrogen-bond acceptors (Lipinski definition) is 7. The number of fused-ring (bicyclic) bond motifs is 1. The van der Waals surface area contributed by atoms with Gasteiger partial charge in [-0.05, 0) is 41.8 Å². The van der Waals surface area contributed by atoms with Crippen LogP contribution in [0.15, 0.2) is 79.1 Å². The number of amides is 1. The molecule has 1 amide bonds. The lowest BCUT2D eigenvalue weighted by atomic mass is 10.1. The van der Waals surface area contributed by atoms with E-state index in [1.165, 1.54) is 11.1 Å². The Balaban J connectivity index is 1.23. The van der Waals surface area contributed by atoms with Crippen molar-refractivity contribution in [3.8, 4) is 5.75 Å². The van der Waals surface area contributed by atoms with Gasteiger partial charge in [0, 0.05) is 37.7 Å². The number of anilines is 2. The van der Waals surface area contributed by atoms with E-state index in [1.54, 1.807) is 7.11 Å². The molecule has 1 N–H and O–H groups in total. The van der Waals surface area contributed by atoms with Crippen LogP contribution in [-0.4, -0.2) is 63.6 Å². The zero-order valence-electron chi connectivity index (χ0n) is 24.3. The van der Waals surface area contributed by atoms with Crippen molar-refractivity contribution in [3.63, 3.8) is 0 Å². The Kier molecular flexibility index (Phi) is 8.42. The molecule has 220 valence electrons. The Labute approximate surface area is 256 Å². The van der Waals surface area contributed by atoms with Gasteiger partial charge in [0.25, 0.3) is 0 Å². The SMILES string of the molecule is COc1cccc(CC(=O)N2CCN(c3nc(NCc4ccccc4Cl)c4ncn(Cc5cccc(C)c5)c4n3)CC2)c1. The first-order chi connectivity index (χ1) is 21.0. The minimum atomic E-state index is 0.0996. The van der Waals surface area contributed by atoms with E-state index in [-0.39, 0.29) is 5.91 Å². The molecule has 2 aromatic heterocycles. The van der Waals surface area contributed by atoms with Crippen LogP contribution in [-0.2, 0) is 24.3 Å². The fourth-order valence-corrected chi connectivity index (χ4v) is 5.57. The van der Waals surface area contributed by atoms with Crippen LogP contribution in [0.2, 0.25) is 5.02 Å². The Morgan fingerprint density at radius 2 is 1.74 bits per heavy atom. The molecule has 0 bridgehead atoms. The predicted octanol–water partition coefficient (Wildman–Crippen LogP) is 5.35. The molecule has 5 aromatic rings. The molecule has 0 radical (unpaired) electrons. The van der Waals surface area contributed by atoms with E-state index in [2.05, 4.69) is 46.0 Å². The summed E-state index contributed by atoms with van der Waals surface area (Å²) in [7, 11) is 1.63. The summed E-state index contributed by atoms with van der Waals surface area (Å²) in [5.41, 5.74) is 5.75. The van der Waals surface area contributed by atoms with Gasteiger partial charge >= 0.3 is 0 Å². The molecule has 1 saturated heterocycles. The minimum Gasteiger partial charge on any atom is -0.497 e. The average Bonchev–Trinajstić information content (AvgIpc) is 3.43. The number of halogens is 1. The molecule has 0 unspecified atom stereocenters. The molecule has 0 atom stereocenters. The monoisotopic (exact) mass is 595 g/mol. The van der Waals surface area contributed by atoms with Crippen molar-refractivity contribution in [2.75, 3.05) is 43.5 Å². The van der Waals surface area contributed by atoms with Crippen molar-refractivity contribution >= 4 is 40.4 Å². The highest BCUT2D eigenvalue weighted by molar-refractivity contribution is 6.31. The first-order valence-corrected chi connectivity index (χ1v) is 14.8. The second kappa shape index (κ2) is 12.7. The molecular formula is C33H34ClN7O2. The molecule has 0 saturated carbocycles. The predicted molar refractivity (Wildman–Crippen MR) is 170 cm³/mol. The number of nitrogens with one attached hydrogen (secondary N) is 1. The second-order valence-corrected chi connectivity index (χ2v) is 11.2. The number of nitrogens with zero attached hydrogens (tertiary/aromatic N) is 6. The molecule has 10 heteroatoms. The quantitative estimate of drug-likeness (QED) is 0.246. The topological polar surface area (TPSA) is 88.4 Å². The zero-order valence-corrected chi connectivity index (χ0v) is 25.1. The van der Waals surface area contributed by atoms with Crippen LogP contribution in [0.1, 0.15) is 22.3 Å². The van der Waals surface area contributed by atoms with Gasteiger partial charge in [-0.3, -0.25) is 4.79 Å². The maximum atomic E-state index is 13.1. The van der Waals surface area contributed by atoms with Crippen molar-refractivity contribution < 1.29 is 9.53 Å². The normalized spacial score (nSPS) is 13.4. The van der Waals surface area contributed by atoms with Gasteiger partial charge < -0.3 is 24.4 Å². The van der Waals surface area contributed by atoms with Gasteiger partial charge in [-0.15, -0.1) is 0 Å². The second-order valence-electron chi connectivity index (χ2n) is 10.7. The first kappa shape index (κ1) is 28.5. The van der Waals surface area contributed by atoms with Crippen LogP contribution < -0.4 is 15.0 Å². The molecule has 6 rings (SSSR count). The number of methoxy groups -OCH3 is 1. The van der Waals surface area contributed by atoms with Gasteiger partial charge in [-0.1, -0.05) is 71.8 Å². The fourth-order valence-electron chi connectivity index (χ4n) is 5.37. The van der Waals surface area contributed by atoms with Gasteiger partial charge in [0.2, 0.25) is 11.9 Å².